The number of carbonyl (C=O) groups excluding carboxylic acids is 1. The Balaban J connectivity index is 2.51. The molecule has 16 heteroatoms. The van der Waals surface area contributed by atoms with Crippen LogP contribution in [-0.2, 0) is 6.18 Å². The van der Waals surface area contributed by atoms with Gasteiger partial charge in [-0.2, -0.15) is 30.7 Å². The zero-order valence-corrected chi connectivity index (χ0v) is 15.0. The molecular weight excluding hydrogens is 463 g/mol. The molecule has 2 aromatic carbocycles. The lowest BCUT2D eigenvalue weighted by Crippen LogP contribution is -2.33. The first-order valence-electron chi connectivity index (χ1n) is 7.94. The molecule has 2 aromatic rings. The fourth-order valence-corrected chi connectivity index (χ4v) is 2.30. The lowest BCUT2D eigenvalue weighted by Gasteiger charge is -2.17. The molecule has 9 nitrogen and oxygen atoms in total. The fraction of sp³-hybridized carbons (Fsp3) is 0.188. The third kappa shape index (κ3) is 5.38. The van der Waals surface area contributed by atoms with E-state index in [-0.39, 0.29) is 12.1 Å². The maximum Gasteiger partial charge on any atom is 0.461 e. The summed E-state index contributed by atoms with van der Waals surface area (Å²) < 4.78 is 94.3. The minimum Gasteiger partial charge on any atom is -0.428 e. The zero-order chi connectivity index (χ0) is 24.4. The van der Waals surface area contributed by atoms with Crippen LogP contribution in [0.25, 0.3) is 0 Å². The number of alkyl halides is 7. The number of amides is 1. The van der Waals surface area contributed by atoms with Crippen molar-refractivity contribution < 1.29 is 50.1 Å². The summed E-state index contributed by atoms with van der Waals surface area (Å²) in [6.45, 7) is 0. The number of rotatable bonds is 7. The summed E-state index contributed by atoms with van der Waals surface area (Å²) in [5.41, 5.74) is -6.85. The van der Waals surface area contributed by atoms with Crippen molar-refractivity contribution in [2.24, 2.45) is 0 Å². The van der Waals surface area contributed by atoms with Crippen LogP contribution in [0.5, 0.6) is 5.75 Å². The maximum atomic E-state index is 13.3. The van der Waals surface area contributed by atoms with E-state index >= 15 is 0 Å². The molecule has 0 bridgehead atoms. The van der Waals surface area contributed by atoms with Gasteiger partial charge < -0.3 is 10.1 Å². The van der Waals surface area contributed by atoms with E-state index in [1.165, 1.54) is 0 Å². The van der Waals surface area contributed by atoms with E-state index in [0.717, 1.165) is 18.2 Å². The summed E-state index contributed by atoms with van der Waals surface area (Å²) in [4.78, 5) is 31.5. The van der Waals surface area contributed by atoms with E-state index in [2.05, 4.69) is 4.74 Å². The van der Waals surface area contributed by atoms with Crippen LogP contribution in [0.15, 0.2) is 36.4 Å². The van der Waals surface area contributed by atoms with Gasteiger partial charge in [-0.05, 0) is 18.2 Å². The maximum absolute atomic E-state index is 13.3. The molecule has 0 saturated heterocycles. The highest BCUT2D eigenvalue weighted by Gasteiger charge is 2.44. The van der Waals surface area contributed by atoms with Gasteiger partial charge in [-0.15, -0.1) is 0 Å². The first-order chi connectivity index (χ1) is 14.6. The largest absolute Gasteiger partial charge is 0.461 e. The van der Waals surface area contributed by atoms with Gasteiger partial charge in [-0.25, -0.2) is 0 Å². The number of carbonyl (C=O) groups is 1. The number of ether oxygens (including phenoxy) is 1. The Morgan fingerprint density at radius 1 is 1.00 bits per heavy atom. The van der Waals surface area contributed by atoms with Crippen molar-refractivity contribution in [1.29, 1.82) is 0 Å². The minimum absolute atomic E-state index is 0.0503. The van der Waals surface area contributed by atoms with Crippen LogP contribution in [-0.4, -0.2) is 28.3 Å². The summed E-state index contributed by atoms with van der Waals surface area (Å²) in [7, 11) is 0. The molecule has 1 N–H and O–H groups in total. The van der Waals surface area contributed by atoms with Crippen molar-refractivity contribution in [3.05, 3.63) is 67.8 Å². The topological polar surface area (TPSA) is 125 Å². The Hall–Kier alpha value is -3.98. The summed E-state index contributed by atoms with van der Waals surface area (Å²) in [6.07, 6.45) is -14.6. The SMILES string of the molecule is O=C(Nc1c([N+](=O)[O-])cc([N+](=O)[O-])cc1C(F)(F)F)c1cccc(OC(F)(F)C(F)F)c1. The summed E-state index contributed by atoms with van der Waals surface area (Å²) in [5, 5.41) is 23.5. The molecule has 0 radical (unpaired) electrons. The van der Waals surface area contributed by atoms with Gasteiger partial charge in [0.05, 0.1) is 21.5 Å². The van der Waals surface area contributed by atoms with Crippen LogP contribution in [0.3, 0.4) is 0 Å². The van der Waals surface area contributed by atoms with Crippen molar-refractivity contribution in [3.8, 4) is 5.75 Å². The first-order valence-corrected chi connectivity index (χ1v) is 7.94. The summed E-state index contributed by atoms with van der Waals surface area (Å²) in [6, 6.07) is 3.05. The van der Waals surface area contributed by atoms with Crippen molar-refractivity contribution in [2.75, 3.05) is 5.32 Å². The highest BCUT2D eigenvalue weighted by molar-refractivity contribution is 6.06. The van der Waals surface area contributed by atoms with Gasteiger partial charge in [-0.1, -0.05) is 6.07 Å². The molecule has 172 valence electrons. The lowest BCUT2D eigenvalue weighted by molar-refractivity contribution is -0.394. The highest BCUT2D eigenvalue weighted by Crippen LogP contribution is 2.42. The van der Waals surface area contributed by atoms with Gasteiger partial charge in [0, 0.05) is 11.6 Å². The van der Waals surface area contributed by atoms with Gasteiger partial charge in [0.25, 0.3) is 17.3 Å². The monoisotopic (exact) mass is 471 g/mol. The lowest BCUT2D eigenvalue weighted by atomic mass is 10.1. The summed E-state index contributed by atoms with van der Waals surface area (Å²) >= 11 is 0. The van der Waals surface area contributed by atoms with Gasteiger partial charge in [0.15, 0.2) is 0 Å². The highest BCUT2D eigenvalue weighted by atomic mass is 19.4. The first kappa shape index (κ1) is 24.3. The molecule has 0 aliphatic carbocycles. The molecule has 0 unspecified atom stereocenters. The van der Waals surface area contributed by atoms with E-state index in [1.807, 2.05) is 0 Å². The number of nitrogens with one attached hydrogen (secondary N) is 1. The van der Waals surface area contributed by atoms with Crippen LogP contribution in [0.2, 0.25) is 0 Å². The molecular formula is C16H8F7N3O6. The van der Waals surface area contributed by atoms with Gasteiger partial charge in [0.1, 0.15) is 11.4 Å². The number of nitro groups is 2. The van der Waals surface area contributed by atoms with Crippen LogP contribution in [0.1, 0.15) is 15.9 Å². The van der Waals surface area contributed by atoms with E-state index in [4.69, 9.17) is 0 Å². The van der Waals surface area contributed by atoms with Crippen molar-refractivity contribution in [3.63, 3.8) is 0 Å². The van der Waals surface area contributed by atoms with Crippen LogP contribution in [0.4, 0.5) is 47.8 Å². The van der Waals surface area contributed by atoms with Gasteiger partial charge in [-0.3, -0.25) is 25.0 Å². The normalized spacial score (nSPS) is 11.9. The van der Waals surface area contributed by atoms with E-state index in [1.54, 1.807) is 5.32 Å². The van der Waals surface area contributed by atoms with Crippen LogP contribution < -0.4 is 10.1 Å². The number of benzene rings is 2. The molecule has 0 aliphatic heterocycles. The molecule has 0 spiro atoms. The minimum atomic E-state index is -5.39. The standard InChI is InChI=1S/C16H8F7N3O6/c17-14(18)16(22,23)32-9-3-1-2-7(4-9)13(27)24-12-10(15(19,20)21)5-8(25(28)29)6-11(12)26(30)31/h1-6,14H,(H,24,27). The second-order valence-electron chi connectivity index (χ2n) is 5.85. The number of nitro benzene ring substituents is 2. The number of non-ortho nitro benzene ring substituents is 1. The van der Waals surface area contributed by atoms with Crippen LogP contribution in [0, 0.1) is 20.2 Å². The third-order valence-electron chi connectivity index (χ3n) is 3.66. The molecule has 2 rings (SSSR count). The Labute approximate surface area is 171 Å². The quantitative estimate of drug-likeness (QED) is 0.344. The molecule has 0 fully saturated rings. The summed E-state index contributed by atoms with van der Waals surface area (Å²) in [5.74, 6) is -2.48. The van der Waals surface area contributed by atoms with E-state index in [0.29, 0.717) is 6.07 Å². The smallest absolute Gasteiger partial charge is 0.428 e. The Kier molecular flexibility index (Phi) is 6.56. The molecule has 0 heterocycles. The van der Waals surface area contributed by atoms with E-state index in [9.17, 15) is 55.8 Å². The number of hydrogen-bond donors (Lipinski definition) is 1. The zero-order valence-electron chi connectivity index (χ0n) is 15.0. The van der Waals surface area contributed by atoms with Crippen molar-refractivity contribution in [2.45, 2.75) is 18.7 Å². The molecule has 1 amide bonds. The predicted octanol–water partition coefficient (Wildman–Crippen LogP) is 5.01. The Morgan fingerprint density at radius 2 is 1.62 bits per heavy atom. The number of anilines is 1. The van der Waals surface area contributed by atoms with Gasteiger partial charge in [0.2, 0.25) is 0 Å². The Bertz CT molecular complexity index is 1070. The second-order valence-corrected chi connectivity index (χ2v) is 5.85. The van der Waals surface area contributed by atoms with Crippen molar-refractivity contribution >= 4 is 23.0 Å². The molecule has 0 saturated carbocycles. The average Bonchev–Trinajstić information content (AvgIpc) is 2.66. The average molecular weight is 471 g/mol. The molecule has 0 aliphatic rings. The second kappa shape index (κ2) is 8.64. The van der Waals surface area contributed by atoms with E-state index < -0.39 is 68.4 Å². The fourth-order valence-electron chi connectivity index (χ4n) is 2.30. The number of nitrogens with zero attached hydrogens (tertiary/aromatic N) is 2. The number of halogens is 7. The molecule has 0 aromatic heterocycles. The number of hydrogen-bond acceptors (Lipinski definition) is 6. The molecule has 32 heavy (non-hydrogen) atoms. The predicted molar refractivity (Wildman–Crippen MR) is 90.7 cm³/mol. The van der Waals surface area contributed by atoms with Gasteiger partial charge >= 0.3 is 18.7 Å². The third-order valence-corrected chi connectivity index (χ3v) is 3.66. The molecule has 0 atom stereocenters. The van der Waals surface area contributed by atoms with Crippen LogP contribution >= 0.6 is 0 Å². The van der Waals surface area contributed by atoms with Crippen molar-refractivity contribution in [1.82, 2.24) is 0 Å². The Morgan fingerprint density at radius 3 is 2.12 bits per heavy atom.